The largest absolute Gasteiger partial charge is 0.507 e. The lowest BCUT2D eigenvalue weighted by Gasteiger charge is -2.31. The molecule has 0 spiro atoms. The molecule has 6 rings (SSSR count). The molecule has 3 heterocycles. The number of aromatic amines is 1. The molecule has 1 amide bonds. The van der Waals surface area contributed by atoms with Crippen molar-refractivity contribution in [2.45, 2.75) is 32.0 Å². The third kappa shape index (κ3) is 5.13. The molecule has 2 unspecified atom stereocenters. The van der Waals surface area contributed by atoms with Gasteiger partial charge in [-0.15, -0.1) is 0 Å². The fourth-order valence-corrected chi connectivity index (χ4v) is 7.47. The molecule has 11 heteroatoms. The molecule has 1 saturated heterocycles. The van der Waals surface area contributed by atoms with E-state index in [0.717, 1.165) is 5.56 Å². The van der Waals surface area contributed by atoms with Gasteiger partial charge in [0.25, 0.3) is 5.91 Å². The number of ether oxygens (including phenoxy) is 2. The summed E-state index contributed by atoms with van der Waals surface area (Å²) in [7, 11) is -3.29. The van der Waals surface area contributed by atoms with E-state index in [1.165, 1.54) is 6.07 Å². The van der Waals surface area contributed by atoms with Crippen molar-refractivity contribution in [2.75, 3.05) is 18.1 Å². The Morgan fingerprint density at radius 3 is 2.61 bits per heavy atom. The number of sulfone groups is 1. The normalized spacial score (nSPS) is 19.4. The third-order valence-electron chi connectivity index (χ3n) is 7.44. The number of H-pyrrole nitrogens is 1. The van der Waals surface area contributed by atoms with Crippen LogP contribution in [0.3, 0.4) is 0 Å². The van der Waals surface area contributed by atoms with Gasteiger partial charge in [0, 0.05) is 22.2 Å². The summed E-state index contributed by atoms with van der Waals surface area (Å²) < 4.78 is 37.0. The Bertz CT molecular complexity index is 1720. The molecule has 2 aliphatic heterocycles. The van der Waals surface area contributed by atoms with E-state index in [0.29, 0.717) is 58.5 Å². The number of nitrogens with zero attached hydrogens (tertiary/aromatic N) is 2. The minimum atomic E-state index is -3.29. The molecule has 0 radical (unpaired) electrons. The zero-order chi connectivity index (χ0) is 28.7. The van der Waals surface area contributed by atoms with Crippen LogP contribution >= 0.6 is 11.6 Å². The Labute approximate surface area is 242 Å². The third-order valence-corrected chi connectivity index (χ3v) is 9.43. The Morgan fingerprint density at radius 2 is 1.88 bits per heavy atom. The number of aromatic nitrogens is 2. The first kappa shape index (κ1) is 27.2. The molecule has 1 fully saturated rings. The molecule has 2 atom stereocenters. The van der Waals surface area contributed by atoms with Crippen LogP contribution in [0, 0.1) is 0 Å². The quantitative estimate of drug-likeness (QED) is 0.290. The van der Waals surface area contributed by atoms with E-state index in [4.69, 9.17) is 21.1 Å². The molecular weight excluding hydrogens is 566 g/mol. The Balaban J connectivity index is 1.46. The smallest absolute Gasteiger partial charge is 0.273 e. The summed E-state index contributed by atoms with van der Waals surface area (Å²) in [5.41, 5.74) is 3.21. The SMILES string of the molecule is CCOc1cc(C2c3c(-c4cc(Cl)ccc4O)n[nH]c3C(=O)N2C2CCS(=O)(=O)C2)ccc1OCc1ccccc1. The lowest BCUT2D eigenvalue weighted by atomic mass is 9.94. The summed E-state index contributed by atoms with van der Waals surface area (Å²) >= 11 is 6.25. The number of nitrogens with one attached hydrogen (secondary N) is 1. The van der Waals surface area contributed by atoms with Crippen molar-refractivity contribution in [3.8, 4) is 28.5 Å². The van der Waals surface area contributed by atoms with Crippen LogP contribution in [0.15, 0.2) is 66.7 Å². The Morgan fingerprint density at radius 1 is 1.07 bits per heavy atom. The van der Waals surface area contributed by atoms with Crippen LogP contribution in [0.4, 0.5) is 0 Å². The van der Waals surface area contributed by atoms with Gasteiger partial charge in [-0.25, -0.2) is 8.42 Å². The number of hydrogen-bond acceptors (Lipinski definition) is 7. The van der Waals surface area contributed by atoms with Crippen molar-refractivity contribution in [1.82, 2.24) is 15.1 Å². The number of phenolic OH excluding ortho intramolecular Hbond substituents is 1. The lowest BCUT2D eigenvalue weighted by Crippen LogP contribution is -2.40. The van der Waals surface area contributed by atoms with Crippen LogP contribution in [0.5, 0.6) is 17.2 Å². The molecule has 0 saturated carbocycles. The standard InChI is InChI=1S/C30H28ClN3O6S/c1-2-39-25-14-19(8-11-24(25)40-16-18-6-4-3-5-7-18)29-26-27(22-15-20(31)9-10-23(22)35)32-33-28(26)30(36)34(29)21-12-13-41(37,38)17-21/h3-11,14-15,21,29,35H,2,12-13,16-17H2,1H3,(H,32,33). The molecule has 3 aromatic carbocycles. The zero-order valence-corrected chi connectivity index (χ0v) is 23.8. The molecule has 41 heavy (non-hydrogen) atoms. The van der Waals surface area contributed by atoms with Gasteiger partial charge in [-0.2, -0.15) is 5.10 Å². The van der Waals surface area contributed by atoms with Gasteiger partial charge in [0.1, 0.15) is 23.7 Å². The molecule has 0 bridgehead atoms. The monoisotopic (exact) mass is 593 g/mol. The predicted molar refractivity (Wildman–Crippen MR) is 154 cm³/mol. The molecule has 212 valence electrons. The van der Waals surface area contributed by atoms with E-state index in [-0.39, 0.29) is 28.9 Å². The second kappa shape index (κ2) is 10.8. The van der Waals surface area contributed by atoms with Crippen LogP contribution in [-0.2, 0) is 16.4 Å². The second-order valence-electron chi connectivity index (χ2n) is 10.1. The highest BCUT2D eigenvalue weighted by molar-refractivity contribution is 7.91. The molecule has 4 aromatic rings. The second-order valence-corrected chi connectivity index (χ2v) is 12.8. The number of carbonyl (C=O) groups is 1. The van der Waals surface area contributed by atoms with Crippen LogP contribution in [0.25, 0.3) is 11.3 Å². The minimum Gasteiger partial charge on any atom is -0.507 e. The fraction of sp³-hybridized carbons (Fsp3) is 0.267. The summed E-state index contributed by atoms with van der Waals surface area (Å²) in [6.07, 6.45) is 0.330. The van der Waals surface area contributed by atoms with Gasteiger partial charge < -0.3 is 19.5 Å². The maximum atomic E-state index is 13.8. The highest BCUT2D eigenvalue weighted by Crippen LogP contribution is 2.48. The van der Waals surface area contributed by atoms with Crippen LogP contribution in [0.1, 0.15) is 46.6 Å². The van der Waals surface area contributed by atoms with Gasteiger partial charge in [0.15, 0.2) is 21.3 Å². The van der Waals surface area contributed by atoms with Crippen molar-refractivity contribution >= 4 is 27.3 Å². The van der Waals surface area contributed by atoms with Gasteiger partial charge in [-0.05, 0) is 54.8 Å². The van der Waals surface area contributed by atoms with E-state index in [1.807, 2.05) is 49.4 Å². The summed E-state index contributed by atoms with van der Waals surface area (Å²) in [5, 5.41) is 18.3. The zero-order valence-electron chi connectivity index (χ0n) is 22.2. The van der Waals surface area contributed by atoms with Gasteiger partial charge in [-0.3, -0.25) is 9.89 Å². The Kier molecular flexibility index (Phi) is 7.13. The van der Waals surface area contributed by atoms with Gasteiger partial charge >= 0.3 is 0 Å². The number of rotatable bonds is 8. The van der Waals surface area contributed by atoms with Crippen LogP contribution in [-0.4, -0.2) is 58.7 Å². The number of phenols is 1. The highest BCUT2D eigenvalue weighted by atomic mass is 35.5. The van der Waals surface area contributed by atoms with Crippen molar-refractivity contribution in [3.05, 3.63) is 94.1 Å². The average molecular weight is 594 g/mol. The maximum absolute atomic E-state index is 13.8. The highest BCUT2D eigenvalue weighted by Gasteiger charge is 2.48. The molecule has 9 nitrogen and oxygen atoms in total. The van der Waals surface area contributed by atoms with Crippen LogP contribution in [0.2, 0.25) is 5.02 Å². The number of carbonyl (C=O) groups excluding carboxylic acids is 1. The molecular formula is C30H28ClN3O6S. The summed E-state index contributed by atoms with van der Waals surface area (Å²) in [6.45, 7) is 2.60. The number of hydrogen-bond donors (Lipinski definition) is 2. The van der Waals surface area contributed by atoms with Crippen molar-refractivity contribution in [3.63, 3.8) is 0 Å². The van der Waals surface area contributed by atoms with E-state index < -0.39 is 21.9 Å². The van der Waals surface area contributed by atoms with Crippen molar-refractivity contribution in [2.24, 2.45) is 0 Å². The van der Waals surface area contributed by atoms with E-state index in [1.54, 1.807) is 23.1 Å². The number of fused-ring (bicyclic) bond motifs is 1. The van der Waals surface area contributed by atoms with Gasteiger partial charge in [-0.1, -0.05) is 48.0 Å². The number of amides is 1. The Hall–Kier alpha value is -4.02. The maximum Gasteiger partial charge on any atom is 0.273 e. The first-order chi connectivity index (χ1) is 19.8. The van der Waals surface area contributed by atoms with Crippen LogP contribution < -0.4 is 9.47 Å². The first-order valence-electron chi connectivity index (χ1n) is 13.3. The van der Waals surface area contributed by atoms with E-state index >= 15 is 0 Å². The molecule has 2 N–H and O–H groups in total. The summed E-state index contributed by atoms with van der Waals surface area (Å²) in [5.74, 6) is 0.529. The van der Waals surface area contributed by atoms with Gasteiger partial charge in [0.2, 0.25) is 0 Å². The minimum absolute atomic E-state index is 0.0126. The molecule has 2 aliphatic rings. The molecule has 1 aromatic heterocycles. The van der Waals surface area contributed by atoms with E-state index in [2.05, 4.69) is 10.2 Å². The summed E-state index contributed by atoms with van der Waals surface area (Å²) in [6, 6.07) is 18.6. The van der Waals surface area contributed by atoms with E-state index in [9.17, 15) is 18.3 Å². The fourth-order valence-electron chi connectivity index (χ4n) is 5.58. The van der Waals surface area contributed by atoms with Crippen molar-refractivity contribution < 1.29 is 27.8 Å². The summed E-state index contributed by atoms with van der Waals surface area (Å²) in [4.78, 5) is 15.4. The number of halogens is 1. The van der Waals surface area contributed by atoms with Crippen molar-refractivity contribution in [1.29, 1.82) is 0 Å². The van der Waals surface area contributed by atoms with Gasteiger partial charge in [0.05, 0.1) is 24.2 Å². The predicted octanol–water partition coefficient (Wildman–Crippen LogP) is 5.15. The first-order valence-corrected chi connectivity index (χ1v) is 15.5. The number of benzene rings is 3. The molecule has 0 aliphatic carbocycles. The average Bonchev–Trinajstić information content (AvgIpc) is 3.63. The topological polar surface area (TPSA) is 122 Å². The lowest BCUT2D eigenvalue weighted by molar-refractivity contribution is 0.0677. The number of aromatic hydroxyl groups is 1.